The Kier molecular flexibility index (Phi) is 4.78. The number of nitrogens with zero attached hydrogens (tertiary/aromatic N) is 1. The standard InChI is InChI=1S/C15H18ClN/c1-5-6-13(9-17)15(16)14-11(3)7-10(2)8-12(14)4/h7-8H,5-6H2,1-4H3. The molecule has 17 heavy (non-hydrogen) atoms. The highest BCUT2D eigenvalue weighted by Gasteiger charge is 2.12. The average Bonchev–Trinajstić information content (AvgIpc) is 2.24. The molecule has 0 atom stereocenters. The molecule has 0 bridgehead atoms. The molecule has 0 aliphatic heterocycles. The second kappa shape index (κ2) is 5.89. The number of hydrogen-bond donors (Lipinski definition) is 0. The molecule has 0 N–H and O–H groups in total. The van der Waals surface area contributed by atoms with E-state index in [0.717, 1.165) is 29.5 Å². The normalized spacial score (nSPS) is 12.0. The average molecular weight is 248 g/mol. The number of halogens is 1. The number of allylic oxidation sites excluding steroid dienone is 1. The monoisotopic (exact) mass is 247 g/mol. The molecule has 0 radical (unpaired) electrons. The number of aryl methyl sites for hydroxylation is 3. The van der Waals surface area contributed by atoms with E-state index in [1.807, 2.05) is 13.8 Å². The molecule has 0 saturated heterocycles. The maximum absolute atomic E-state index is 9.13. The van der Waals surface area contributed by atoms with Crippen molar-refractivity contribution in [3.8, 4) is 6.07 Å². The molecule has 0 spiro atoms. The van der Waals surface area contributed by atoms with Gasteiger partial charge in [-0.25, -0.2) is 0 Å². The van der Waals surface area contributed by atoms with E-state index in [4.69, 9.17) is 16.9 Å². The van der Waals surface area contributed by atoms with Gasteiger partial charge in [0.2, 0.25) is 0 Å². The van der Waals surface area contributed by atoms with E-state index in [-0.39, 0.29) is 0 Å². The van der Waals surface area contributed by atoms with Crippen LogP contribution in [0, 0.1) is 32.1 Å². The van der Waals surface area contributed by atoms with Gasteiger partial charge in [-0.05, 0) is 43.9 Å². The van der Waals surface area contributed by atoms with Gasteiger partial charge in [-0.3, -0.25) is 0 Å². The van der Waals surface area contributed by atoms with Gasteiger partial charge >= 0.3 is 0 Å². The second-order valence-corrected chi connectivity index (χ2v) is 4.81. The lowest BCUT2D eigenvalue weighted by Gasteiger charge is -2.12. The Balaban J connectivity index is 3.39. The fraction of sp³-hybridized carbons (Fsp3) is 0.400. The molecule has 90 valence electrons. The van der Waals surface area contributed by atoms with E-state index in [2.05, 4.69) is 32.0 Å². The van der Waals surface area contributed by atoms with E-state index < -0.39 is 0 Å². The third-order valence-electron chi connectivity index (χ3n) is 2.80. The van der Waals surface area contributed by atoms with E-state index >= 15 is 0 Å². The quantitative estimate of drug-likeness (QED) is 0.698. The minimum atomic E-state index is 0.615. The fourth-order valence-electron chi connectivity index (χ4n) is 2.14. The smallest absolute Gasteiger partial charge is 0.0962 e. The molecule has 1 rings (SSSR count). The van der Waals surface area contributed by atoms with Gasteiger partial charge in [-0.1, -0.05) is 42.6 Å². The summed E-state index contributed by atoms with van der Waals surface area (Å²) < 4.78 is 0. The van der Waals surface area contributed by atoms with Crippen LogP contribution in [0.1, 0.15) is 42.0 Å². The van der Waals surface area contributed by atoms with Crippen LogP contribution in [0.5, 0.6) is 0 Å². The van der Waals surface area contributed by atoms with Crippen LogP contribution in [0.25, 0.3) is 5.03 Å². The molecule has 0 aliphatic carbocycles. The highest BCUT2D eigenvalue weighted by molar-refractivity contribution is 6.49. The van der Waals surface area contributed by atoms with Crippen molar-refractivity contribution >= 4 is 16.6 Å². The van der Waals surface area contributed by atoms with Crippen LogP contribution in [-0.2, 0) is 0 Å². The zero-order chi connectivity index (χ0) is 13.0. The number of benzene rings is 1. The van der Waals surface area contributed by atoms with Crippen molar-refractivity contribution in [3.63, 3.8) is 0 Å². The summed E-state index contributed by atoms with van der Waals surface area (Å²) in [7, 11) is 0. The Bertz CT molecular complexity index is 469. The van der Waals surface area contributed by atoms with Gasteiger partial charge in [-0.15, -0.1) is 0 Å². The molecule has 1 aromatic carbocycles. The topological polar surface area (TPSA) is 23.8 Å². The number of hydrogen-bond acceptors (Lipinski definition) is 1. The van der Waals surface area contributed by atoms with Crippen molar-refractivity contribution in [3.05, 3.63) is 40.0 Å². The van der Waals surface area contributed by atoms with Gasteiger partial charge < -0.3 is 0 Å². The van der Waals surface area contributed by atoms with Crippen molar-refractivity contribution in [2.45, 2.75) is 40.5 Å². The summed E-state index contributed by atoms with van der Waals surface area (Å²) in [5, 5.41) is 9.75. The first kappa shape index (κ1) is 13.8. The third kappa shape index (κ3) is 3.11. The van der Waals surface area contributed by atoms with Gasteiger partial charge in [0.05, 0.1) is 11.1 Å². The van der Waals surface area contributed by atoms with E-state index in [9.17, 15) is 0 Å². The molecule has 0 fully saturated rings. The molecule has 0 unspecified atom stereocenters. The highest BCUT2D eigenvalue weighted by atomic mass is 35.5. The lowest BCUT2D eigenvalue weighted by molar-refractivity contribution is 0.932. The van der Waals surface area contributed by atoms with Crippen LogP contribution in [0.2, 0.25) is 0 Å². The molecule has 0 amide bonds. The van der Waals surface area contributed by atoms with Crippen LogP contribution >= 0.6 is 11.6 Å². The Labute approximate surface area is 109 Å². The van der Waals surface area contributed by atoms with E-state index in [0.29, 0.717) is 10.6 Å². The van der Waals surface area contributed by atoms with Crippen molar-refractivity contribution in [2.24, 2.45) is 0 Å². The molecule has 0 aromatic heterocycles. The summed E-state index contributed by atoms with van der Waals surface area (Å²) in [6, 6.07) is 6.42. The first-order chi connectivity index (χ1) is 8.01. The van der Waals surface area contributed by atoms with Crippen molar-refractivity contribution < 1.29 is 0 Å². The van der Waals surface area contributed by atoms with Crippen LogP contribution in [0.3, 0.4) is 0 Å². The maximum Gasteiger partial charge on any atom is 0.0962 e. The lowest BCUT2D eigenvalue weighted by Crippen LogP contribution is -1.94. The maximum atomic E-state index is 9.13. The predicted octanol–water partition coefficient (Wildman–Crippen LogP) is 4.89. The van der Waals surface area contributed by atoms with Gasteiger partial charge in [0.15, 0.2) is 0 Å². The highest BCUT2D eigenvalue weighted by Crippen LogP contribution is 2.31. The summed E-state index contributed by atoms with van der Waals surface area (Å²) in [4.78, 5) is 0. The molecular formula is C15H18ClN. The summed E-state index contributed by atoms with van der Waals surface area (Å²) in [6.07, 6.45) is 1.67. The summed E-state index contributed by atoms with van der Waals surface area (Å²) in [5.74, 6) is 0. The summed E-state index contributed by atoms with van der Waals surface area (Å²) in [5.41, 5.74) is 5.20. The molecule has 1 nitrogen and oxygen atoms in total. The van der Waals surface area contributed by atoms with Gasteiger partial charge in [0.25, 0.3) is 0 Å². The zero-order valence-corrected chi connectivity index (χ0v) is 11.7. The van der Waals surface area contributed by atoms with Crippen molar-refractivity contribution in [1.82, 2.24) is 0 Å². The minimum absolute atomic E-state index is 0.615. The van der Waals surface area contributed by atoms with Crippen LogP contribution in [-0.4, -0.2) is 0 Å². The first-order valence-electron chi connectivity index (χ1n) is 5.88. The van der Waals surface area contributed by atoms with Crippen LogP contribution in [0.15, 0.2) is 17.7 Å². The van der Waals surface area contributed by atoms with E-state index in [1.165, 1.54) is 5.56 Å². The lowest BCUT2D eigenvalue weighted by atomic mass is 9.97. The first-order valence-corrected chi connectivity index (χ1v) is 6.26. The molecule has 0 aliphatic rings. The number of nitriles is 1. The van der Waals surface area contributed by atoms with E-state index in [1.54, 1.807) is 0 Å². The molecule has 2 heteroatoms. The second-order valence-electron chi connectivity index (χ2n) is 4.43. The number of rotatable bonds is 3. The van der Waals surface area contributed by atoms with Crippen molar-refractivity contribution in [2.75, 3.05) is 0 Å². The molecule has 1 aromatic rings. The molecule has 0 saturated carbocycles. The molecule has 0 heterocycles. The van der Waals surface area contributed by atoms with Crippen molar-refractivity contribution in [1.29, 1.82) is 5.26 Å². The Morgan fingerprint density at radius 2 is 1.76 bits per heavy atom. The minimum Gasteiger partial charge on any atom is -0.193 e. The zero-order valence-electron chi connectivity index (χ0n) is 10.9. The largest absolute Gasteiger partial charge is 0.193 e. The van der Waals surface area contributed by atoms with Gasteiger partial charge in [0, 0.05) is 5.57 Å². The Hall–Kier alpha value is -1.26. The Morgan fingerprint density at radius 1 is 1.24 bits per heavy atom. The van der Waals surface area contributed by atoms with Gasteiger partial charge in [0.1, 0.15) is 0 Å². The summed E-state index contributed by atoms with van der Waals surface area (Å²) in [6.45, 7) is 8.20. The summed E-state index contributed by atoms with van der Waals surface area (Å²) >= 11 is 6.37. The third-order valence-corrected chi connectivity index (χ3v) is 3.21. The van der Waals surface area contributed by atoms with Crippen LogP contribution in [0.4, 0.5) is 0 Å². The Morgan fingerprint density at radius 3 is 2.18 bits per heavy atom. The fourth-order valence-corrected chi connectivity index (χ4v) is 2.58. The SMILES string of the molecule is CCCC(C#N)=C(Cl)c1c(C)cc(C)cc1C. The predicted molar refractivity (Wildman–Crippen MR) is 73.9 cm³/mol. The molecular weight excluding hydrogens is 230 g/mol. The van der Waals surface area contributed by atoms with Crippen LogP contribution < -0.4 is 0 Å². The van der Waals surface area contributed by atoms with Gasteiger partial charge in [-0.2, -0.15) is 5.26 Å².